The topological polar surface area (TPSA) is 49.8 Å². The summed E-state index contributed by atoms with van der Waals surface area (Å²) < 4.78 is 127. The Morgan fingerprint density at radius 2 is 1.45 bits per heavy atom. The third-order valence-corrected chi connectivity index (χ3v) is 6.05. The smallest absolute Gasteiger partial charge is 0.416 e. The molecule has 13 heteroatoms. The molecule has 1 N–H and O–H groups in total. The van der Waals surface area contributed by atoms with Gasteiger partial charge in [-0.25, -0.2) is 4.79 Å². The van der Waals surface area contributed by atoms with Crippen molar-refractivity contribution in [2.45, 2.75) is 50.8 Å². The highest BCUT2D eigenvalue weighted by atomic mass is 19.4. The Hall–Kier alpha value is -3.22. The van der Waals surface area contributed by atoms with Crippen molar-refractivity contribution in [3.63, 3.8) is 0 Å². The van der Waals surface area contributed by atoms with Crippen molar-refractivity contribution in [2.75, 3.05) is 18.1 Å². The molecule has 0 aromatic heterocycles. The average molecular weight is 555 g/mol. The Morgan fingerprint density at radius 1 is 0.895 bits per heavy atom. The van der Waals surface area contributed by atoms with E-state index in [-0.39, 0.29) is 35.9 Å². The first-order valence-electron chi connectivity index (χ1n) is 11.3. The van der Waals surface area contributed by atoms with Crippen molar-refractivity contribution in [3.8, 4) is 0 Å². The molecule has 3 rings (SSSR count). The molecule has 0 bridgehead atoms. The van der Waals surface area contributed by atoms with Gasteiger partial charge in [-0.3, -0.25) is 4.90 Å². The highest BCUT2D eigenvalue weighted by Crippen LogP contribution is 2.46. The maximum atomic E-state index is 13.6. The van der Waals surface area contributed by atoms with Gasteiger partial charge >= 0.3 is 24.6 Å². The molecule has 1 heterocycles. The summed E-state index contributed by atoms with van der Waals surface area (Å²) in [6.07, 6.45) is -14.7. The summed E-state index contributed by atoms with van der Waals surface area (Å²) in [5.74, 6) is -1.58. The molecule has 0 saturated heterocycles. The van der Waals surface area contributed by atoms with Crippen LogP contribution in [-0.4, -0.2) is 30.5 Å². The van der Waals surface area contributed by atoms with Crippen LogP contribution in [0.3, 0.4) is 0 Å². The maximum Gasteiger partial charge on any atom is 0.416 e. The van der Waals surface area contributed by atoms with Gasteiger partial charge in [-0.15, -0.1) is 0 Å². The summed E-state index contributed by atoms with van der Waals surface area (Å²) >= 11 is 0. The largest absolute Gasteiger partial charge is 0.449 e. The van der Waals surface area contributed by atoms with Gasteiger partial charge in [0.2, 0.25) is 0 Å². The zero-order valence-corrected chi connectivity index (χ0v) is 19.9. The average Bonchev–Trinajstić information content (AvgIpc) is 2.82. The number of rotatable bonds is 5. The molecule has 208 valence electrons. The van der Waals surface area contributed by atoms with E-state index in [9.17, 15) is 49.4 Å². The Kier molecular flexibility index (Phi) is 8.11. The lowest BCUT2D eigenvalue weighted by Crippen LogP contribution is -2.42. The number of carbonyl (C=O) groups is 1. The van der Waals surface area contributed by atoms with Gasteiger partial charge in [0.25, 0.3) is 0 Å². The van der Waals surface area contributed by atoms with Gasteiger partial charge in [-0.2, -0.15) is 39.5 Å². The minimum Gasteiger partial charge on any atom is -0.449 e. The number of amides is 1. The van der Waals surface area contributed by atoms with Gasteiger partial charge in [0, 0.05) is 11.5 Å². The Balaban J connectivity index is 2.31. The van der Waals surface area contributed by atoms with E-state index in [0.717, 1.165) is 11.0 Å². The monoisotopic (exact) mass is 555 g/mol. The van der Waals surface area contributed by atoms with Crippen molar-refractivity contribution in [1.29, 1.82) is 0 Å². The normalized spacial score (nSPS) is 17.1. The second-order valence-electron chi connectivity index (χ2n) is 8.47. The highest BCUT2D eigenvalue weighted by Gasteiger charge is 2.40. The lowest BCUT2D eigenvalue weighted by molar-refractivity contribution is -0.143. The molecule has 2 unspecified atom stereocenters. The molecule has 2 atom stereocenters. The number of aliphatic hydroxyl groups is 1. The van der Waals surface area contributed by atoms with E-state index < -0.39 is 65.4 Å². The van der Waals surface area contributed by atoms with Crippen LogP contribution in [0.25, 0.3) is 5.57 Å². The van der Waals surface area contributed by atoms with E-state index in [1.54, 1.807) is 6.92 Å². The number of anilines is 1. The van der Waals surface area contributed by atoms with E-state index in [1.807, 2.05) is 0 Å². The predicted molar refractivity (Wildman–Crippen MR) is 119 cm³/mol. The molecule has 0 spiro atoms. The Morgan fingerprint density at radius 3 is 1.89 bits per heavy atom. The van der Waals surface area contributed by atoms with Crippen molar-refractivity contribution < 1.29 is 54.2 Å². The third-order valence-electron chi connectivity index (χ3n) is 6.05. The molecule has 2 aromatic rings. The van der Waals surface area contributed by atoms with Crippen LogP contribution in [-0.2, 0) is 23.3 Å². The molecule has 1 amide bonds. The lowest BCUT2D eigenvalue weighted by Gasteiger charge is -2.37. The summed E-state index contributed by atoms with van der Waals surface area (Å²) in [6, 6.07) is 2.19. The predicted octanol–water partition coefficient (Wildman–Crippen LogP) is 7.66. The summed E-state index contributed by atoms with van der Waals surface area (Å²) in [7, 11) is 0. The maximum absolute atomic E-state index is 13.6. The van der Waals surface area contributed by atoms with Gasteiger partial charge < -0.3 is 9.84 Å². The van der Waals surface area contributed by atoms with E-state index in [2.05, 4.69) is 0 Å². The Labute approximate surface area is 211 Å². The van der Waals surface area contributed by atoms with Crippen molar-refractivity contribution in [1.82, 2.24) is 0 Å². The van der Waals surface area contributed by atoms with Gasteiger partial charge in [0.15, 0.2) is 0 Å². The number of hydrogen-bond donors (Lipinski definition) is 1. The van der Waals surface area contributed by atoms with Crippen LogP contribution in [0.5, 0.6) is 0 Å². The molecule has 0 aliphatic carbocycles. The zero-order chi connectivity index (χ0) is 28.6. The number of ether oxygens (including phenoxy) is 1. The molecule has 0 radical (unpaired) electrons. The van der Waals surface area contributed by atoms with Crippen LogP contribution in [0.15, 0.2) is 42.5 Å². The second kappa shape index (κ2) is 10.5. The molecule has 38 heavy (non-hydrogen) atoms. The summed E-state index contributed by atoms with van der Waals surface area (Å²) in [5.41, 5.74) is -5.59. The molecule has 1 aliphatic heterocycles. The number of benzene rings is 2. The summed E-state index contributed by atoms with van der Waals surface area (Å²) in [6.45, 7) is 2.02. The molecule has 2 aromatic carbocycles. The first-order chi connectivity index (χ1) is 17.5. The van der Waals surface area contributed by atoms with Crippen LogP contribution in [0.2, 0.25) is 0 Å². The zero-order valence-electron chi connectivity index (χ0n) is 19.9. The van der Waals surface area contributed by atoms with Gasteiger partial charge in [-0.1, -0.05) is 13.0 Å². The summed E-state index contributed by atoms with van der Waals surface area (Å²) in [5, 5.41) is 10.2. The number of fused-ring (bicyclic) bond motifs is 1. The van der Waals surface area contributed by atoms with Crippen LogP contribution >= 0.6 is 0 Å². The van der Waals surface area contributed by atoms with Crippen molar-refractivity contribution >= 4 is 17.4 Å². The van der Waals surface area contributed by atoms with Gasteiger partial charge in [0.05, 0.1) is 41.6 Å². The van der Waals surface area contributed by atoms with E-state index in [1.165, 1.54) is 13.0 Å². The fourth-order valence-corrected chi connectivity index (χ4v) is 4.30. The standard InChI is InChI=1S/C25H22F9NO3/c1-3-17-11-18(19-10-14(23(26,27)28)5-6-21(19)35(17)22(37)38-4-2)20(12-36)13-7-15(24(29,30)31)9-16(8-13)25(32,33)34/h5-11,17,20,36H,3-4,12H2,1-2H3. The molecule has 0 saturated carbocycles. The van der Waals surface area contributed by atoms with E-state index in [4.69, 9.17) is 4.74 Å². The molecule has 1 aliphatic rings. The van der Waals surface area contributed by atoms with Crippen molar-refractivity contribution in [2.24, 2.45) is 0 Å². The lowest BCUT2D eigenvalue weighted by atomic mass is 9.81. The van der Waals surface area contributed by atoms with Crippen LogP contribution in [0, 0.1) is 0 Å². The number of aliphatic hydroxyl groups excluding tert-OH is 1. The van der Waals surface area contributed by atoms with E-state index in [0.29, 0.717) is 24.3 Å². The summed E-state index contributed by atoms with van der Waals surface area (Å²) in [4.78, 5) is 13.8. The number of alkyl halides is 9. The molecule has 4 nitrogen and oxygen atoms in total. The van der Waals surface area contributed by atoms with Crippen LogP contribution in [0.1, 0.15) is 54.0 Å². The van der Waals surface area contributed by atoms with Crippen molar-refractivity contribution in [3.05, 3.63) is 70.3 Å². The fraction of sp³-hybridized carbons (Fsp3) is 0.400. The molecular formula is C25H22F9NO3. The quantitative estimate of drug-likeness (QED) is 0.386. The fourth-order valence-electron chi connectivity index (χ4n) is 4.30. The first-order valence-corrected chi connectivity index (χ1v) is 11.3. The SMILES string of the molecule is CCOC(=O)N1c2ccc(C(F)(F)F)cc2C(C(CO)c2cc(C(F)(F)F)cc(C(F)(F)F)c2)=CC1CC. The van der Waals surface area contributed by atoms with Gasteiger partial charge in [-0.05, 0) is 60.9 Å². The van der Waals surface area contributed by atoms with Gasteiger partial charge in [0.1, 0.15) is 0 Å². The number of halogens is 9. The van der Waals surface area contributed by atoms with Crippen LogP contribution in [0.4, 0.5) is 50.0 Å². The number of carbonyl (C=O) groups excluding carboxylic acids is 1. The minimum absolute atomic E-state index is 0.0674. The number of hydrogen-bond acceptors (Lipinski definition) is 3. The highest BCUT2D eigenvalue weighted by molar-refractivity contribution is 5.97. The molecular weight excluding hydrogens is 533 g/mol. The number of nitrogens with zero attached hydrogens (tertiary/aromatic N) is 1. The molecule has 0 fully saturated rings. The Bertz CT molecular complexity index is 1180. The second-order valence-corrected chi connectivity index (χ2v) is 8.47. The first kappa shape index (κ1) is 29.3. The third kappa shape index (κ3) is 5.92. The van der Waals surface area contributed by atoms with E-state index >= 15 is 0 Å². The minimum atomic E-state index is -5.18. The van der Waals surface area contributed by atoms with Crippen LogP contribution < -0.4 is 4.90 Å².